The molecule has 0 bridgehead atoms. The Hall–Kier alpha value is -3.14. The normalized spacial score (nSPS) is 13.9. The molecule has 0 aliphatic carbocycles. The molecule has 0 amide bonds. The van der Waals surface area contributed by atoms with E-state index in [4.69, 9.17) is 28.2 Å². The average Bonchev–Trinajstić information content (AvgIpc) is 3.36. The highest BCUT2D eigenvalue weighted by Gasteiger charge is 2.21. The summed E-state index contributed by atoms with van der Waals surface area (Å²) in [7, 11) is -3.40. The van der Waals surface area contributed by atoms with Crippen LogP contribution < -0.4 is 5.09 Å². The summed E-state index contributed by atoms with van der Waals surface area (Å²) < 4.78 is 14.2. The standard InChI is InChI=1S/C29H21Cl2N2OPS/c30-26(22-11-3-1-4-12-22)18-35(34,19-27(31)23-13-5-2-6-14-23)33-29-32-28(20-36-29)25-17-9-15-21-10-7-8-16-24(21)25/h1-20H,(H,32,33,34)/b26-18+,27-19?. The van der Waals surface area contributed by atoms with Crippen LogP contribution in [0.15, 0.2) is 120 Å². The van der Waals surface area contributed by atoms with Crippen LogP contribution in [-0.2, 0) is 4.57 Å². The van der Waals surface area contributed by atoms with E-state index in [1.807, 2.05) is 90.3 Å². The van der Waals surface area contributed by atoms with Crippen molar-refractivity contribution in [3.05, 3.63) is 131 Å². The number of thiazole rings is 1. The molecule has 5 rings (SSSR count). The number of benzene rings is 4. The van der Waals surface area contributed by atoms with Gasteiger partial charge in [0.1, 0.15) is 0 Å². The molecule has 4 aromatic carbocycles. The summed E-state index contributed by atoms with van der Waals surface area (Å²) in [6.45, 7) is 0. The summed E-state index contributed by atoms with van der Waals surface area (Å²) in [5, 5.41) is 8.59. The maximum atomic E-state index is 14.2. The van der Waals surface area contributed by atoms with Crippen molar-refractivity contribution in [2.24, 2.45) is 0 Å². The maximum absolute atomic E-state index is 14.2. The molecular formula is C29H21Cl2N2OPS. The molecule has 0 radical (unpaired) electrons. The van der Waals surface area contributed by atoms with E-state index in [2.05, 4.69) is 23.3 Å². The number of halogens is 2. The molecule has 0 saturated heterocycles. The van der Waals surface area contributed by atoms with E-state index in [-0.39, 0.29) is 0 Å². The highest BCUT2D eigenvalue weighted by Crippen LogP contribution is 2.54. The van der Waals surface area contributed by atoms with Crippen LogP contribution in [0.4, 0.5) is 5.13 Å². The minimum atomic E-state index is -3.40. The monoisotopic (exact) mass is 546 g/mol. The van der Waals surface area contributed by atoms with Gasteiger partial charge in [-0.2, -0.15) is 0 Å². The molecule has 1 heterocycles. The number of nitrogens with zero attached hydrogens (tertiary/aromatic N) is 1. The minimum absolute atomic E-state index is 0.367. The molecular weight excluding hydrogens is 526 g/mol. The number of nitrogens with one attached hydrogen (secondary N) is 1. The molecule has 0 aliphatic heterocycles. The van der Waals surface area contributed by atoms with Crippen molar-refractivity contribution >= 4 is 67.8 Å². The van der Waals surface area contributed by atoms with E-state index >= 15 is 0 Å². The van der Waals surface area contributed by atoms with E-state index in [1.54, 1.807) is 0 Å². The van der Waals surface area contributed by atoms with Crippen LogP contribution in [0.3, 0.4) is 0 Å². The highest BCUT2D eigenvalue weighted by atomic mass is 35.5. The zero-order valence-corrected chi connectivity index (χ0v) is 22.2. The highest BCUT2D eigenvalue weighted by molar-refractivity contribution is 7.72. The second kappa shape index (κ2) is 10.9. The van der Waals surface area contributed by atoms with Gasteiger partial charge in [-0.15, -0.1) is 11.3 Å². The van der Waals surface area contributed by atoms with E-state index in [1.165, 1.54) is 23.0 Å². The SMILES string of the molecule is O=P(C=C(Cl)c1ccccc1)(/C=C(/Cl)c1ccccc1)Nc1nc(-c2cccc3ccccc23)cs1. The van der Waals surface area contributed by atoms with Crippen molar-refractivity contribution in [1.29, 1.82) is 0 Å². The second-order valence-electron chi connectivity index (χ2n) is 8.07. The zero-order valence-electron chi connectivity index (χ0n) is 19.0. The third kappa shape index (κ3) is 5.64. The van der Waals surface area contributed by atoms with Crippen molar-refractivity contribution in [2.45, 2.75) is 0 Å². The summed E-state index contributed by atoms with van der Waals surface area (Å²) in [5.41, 5.74) is 3.35. The molecule has 5 aromatic rings. The van der Waals surface area contributed by atoms with Crippen LogP contribution >= 0.6 is 41.8 Å². The first-order valence-corrected chi connectivity index (χ1v) is 14.7. The Balaban J connectivity index is 1.53. The quantitative estimate of drug-likeness (QED) is 0.206. The van der Waals surface area contributed by atoms with Crippen molar-refractivity contribution in [2.75, 3.05) is 5.09 Å². The molecule has 0 fully saturated rings. The topological polar surface area (TPSA) is 42.0 Å². The van der Waals surface area contributed by atoms with Crippen molar-refractivity contribution in [1.82, 2.24) is 4.98 Å². The van der Waals surface area contributed by atoms with Gasteiger partial charge >= 0.3 is 0 Å². The lowest BCUT2D eigenvalue weighted by atomic mass is 10.0. The summed E-state index contributed by atoms with van der Waals surface area (Å²) in [4.78, 5) is 4.77. The molecule has 1 unspecified atom stereocenters. The smallest absolute Gasteiger partial charge is 0.217 e. The van der Waals surface area contributed by atoms with E-state index in [9.17, 15) is 4.57 Å². The second-order valence-corrected chi connectivity index (χ2v) is 11.9. The predicted octanol–water partition coefficient (Wildman–Crippen LogP) is 10.1. The molecule has 0 saturated carbocycles. The van der Waals surface area contributed by atoms with Crippen LogP contribution in [0.2, 0.25) is 0 Å². The number of rotatable bonds is 7. The average molecular weight is 547 g/mol. The first-order chi connectivity index (χ1) is 17.5. The van der Waals surface area contributed by atoms with Gasteiger partial charge in [-0.1, -0.05) is 126 Å². The number of hydrogen-bond donors (Lipinski definition) is 1. The van der Waals surface area contributed by atoms with Gasteiger partial charge < -0.3 is 5.09 Å². The van der Waals surface area contributed by atoms with Crippen molar-refractivity contribution in [3.8, 4) is 11.3 Å². The predicted molar refractivity (Wildman–Crippen MR) is 157 cm³/mol. The fraction of sp³-hybridized carbons (Fsp3) is 0. The molecule has 1 N–H and O–H groups in total. The van der Waals surface area contributed by atoms with Gasteiger partial charge in [0.2, 0.25) is 7.29 Å². The van der Waals surface area contributed by atoms with Crippen LogP contribution in [0.1, 0.15) is 11.1 Å². The first-order valence-electron chi connectivity index (χ1n) is 11.2. The van der Waals surface area contributed by atoms with Gasteiger partial charge in [0.25, 0.3) is 0 Å². The number of aromatic nitrogens is 1. The first kappa shape index (κ1) is 24.5. The van der Waals surface area contributed by atoms with E-state index in [0.717, 1.165) is 33.2 Å². The summed E-state index contributed by atoms with van der Waals surface area (Å²) in [6, 6.07) is 33.1. The minimum Gasteiger partial charge on any atom is -0.306 e. The molecule has 7 heteroatoms. The van der Waals surface area contributed by atoms with Crippen LogP contribution in [0, 0.1) is 0 Å². The lowest BCUT2D eigenvalue weighted by Crippen LogP contribution is -1.94. The Kier molecular flexibility index (Phi) is 7.41. The third-order valence-electron chi connectivity index (χ3n) is 5.55. The molecule has 3 nitrogen and oxygen atoms in total. The number of fused-ring (bicyclic) bond motifs is 1. The van der Waals surface area contributed by atoms with Crippen LogP contribution in [0.25, 0.3) is 32.1 Å². The fourth-order valence-corrected chi connectivity index (χ4v) is 7.67. The summed E-state index contributed by atoms with van der Waals surface area (Å²) >= 11 is 14.6. The zero-order chi connectivity index (χ0) is 25.0. The Morgan fingerprint density at radius 3 is 1.94 bits per heavy atom. The third-order valence-corrected chi connectivity index (χ3v) is 9.26. The largest absolute Gasteiger partial charge is 0.306 e. The molecule has 1 atom stereocenters. The van der Waals surface area contributed by atoms with Gasteiger partial charge in [0.15, 0.2) is 5.13 Å². The van der Waals surface area contributed by atoms with Crippen LogP contribution in [0.5, 0.6) is 0 Å². The van der Waals surface area contributed by atoms with E-state index in [0.29, 0.717) is 15.2 Å². The molecule has 178 valence electrons. The van der Waals surface area contributed by atoms with Crippen molar-refractivity contribution in [3.63, 3.8) is 0 Å². The van der Waals surface area contributed by atoms with Gasteiger partial charge in [0.05, 0.1) is 15.8 Å². The van der Waals surface area contributed by atoms with Gasteiger partial charge in [-0.05, 0) is 21.9 Å². The van der Waals surface area contributed by atoms with Gasteiger partial charge in [-0.25, -0.2) is 4.98 Å². The Morgan fingerprint density at radius 2 is 1.31 bits per heavy atom. The molecule has 36 heavy (non-hydrogen) atoms. The molecule has 1 aromatic heterocycles. The Labute approximate surface area is 224 Å². The fourth-order valence-electron chi connectivity index (χ4n) is 3.83. The molecule has 0 spiro atoms. The van der Waals surface area contributed by atoms with Gasteiger partial charge in [0, 0.05) is 22.6 Å². The van der Waals surface area contributed by atoms with Crippen molar-refractivity contribution < 1.29 is 4.57 Å². The Morgan fingerprint density at radius 1 is 0.750 bits per heavy atom. The summed E-state index contributed by atoms with van der Waals surface area (Å²) in [5.74, 6) is 3.07. The lowest BCUT2D eigenvalue weighted by Gasteiger charge is -2.14. The van der Waals surface area contributed by atoms with Crippen LogP contribution in [-0.4, -0.2) is 4.98 Å². The van der Waals surface area contributed by atoms with Gasteiger partial charge in [-0.3, -0.25) is 4.57 Å². The Bertz CT molecular complexity index is 1550. The maximum Gasteiger partial charge on any atom is 0.217 e. The number of anilines is 1. The number of hydrogen-bond acceptors (Lipinski definition) is 3. The summed E-state index contributed by atoms with van der Waals surface area (Å²) in [6.07, 6.45) is 0. The lowest BCUT2D eigenvalue weighted by molar-refractivity contribution is 0.589. The molecule has 0 aliphatic rings. The van der Waals surface area contributed by atoms with E-state index < -0.39 is 7.29 Å².